The van der Waals surface area contributed by atoms with Gasteiger partial charge in [-0.25, -0.2) is 0 Å². The fourth-order valence-corrected chi connectivity index (χ4v) is 2.23. The van der Waals surface area contributed by atoms with E-state index in [4.69, 9.17) is 10.3 Å². The molecule has 1 heterocycles. The van der Waals surface area contributed by atoms with Crippen molar-refractivity contribution in [2.45, 2.75) is 18.9 Å². The van der Waals surface area contributed by atoms with Crippen molar-refractivity contribution in [3.63, 3.8) is 0 Å². The number of halogens is 1. The molecule has 1 aliphatic carbocycles. The Morgan fingerprint density at radius 2 is 2.10 bits per heavy atom. The van der Waals surface area contributed by atoms with Crippen molar-refractivity contribution >= 4 is 18.3 Å². The molecule has 112 valence electrons. The molecule has 1 saturated carbocycles. The smallest absolute Gasteiger partial charge is 0.273 e. The number of hydrogen-bond acceptors (Lipinski definition) is 4. The van der Waals surface area contributed by atoms with Gasteiger partial charge >= 0.3 is 0 Å². The minimum atomic E-state index is -0.224. The van der Waals surface area contributed by atoms with Crippen molar-refractivity contribution < 1.29 is 9.32 Å². The molecule has 0 saturated heterocycles. The van der Waals surface area contributed by atoms with E-state index in [1.807, 2.05) is 30.3 Å². The van der Waals surface area contributed by atoms with E-state index in [1.54, 1.807) is 6.07 Å². The molecule has 5 nitrogen and oxygen atoms in total. The van der Waals surface area contributed by atoms with Crippen molar-refractivity contribution in [3.05, 3.63) is 42.1 Å². The van der Waals surface area contributed by atoms with Gasteiger partial charge in [-0.3, -0.25) is 4.79 Å². The summed E-state index contributed by atoms with van der Waals surface area (Å²) in [5.74, 6) is 0.884. The zero-order chi connectivity index (χ0) is 13.9. The van der Waals surface area contributed by atoms with Crippen molar-refractivity contribution in [1.29, 1.82) is 0 Å². The van der Waals surface area contributed by atoms with Gasteiger partial charge in [0.05, 0.1) is 0 Å². The number of nitrogens with two attached hydrogens (primary N) is 1. The van der Waals surface area contributed by atoms with Crippen LogP contribution in [0, 0.1) is 5.92 Å². The van der Waals surface area contributed by atoms with Gasteiger partial charge in [0, 0.05) is 24.2 Å². The largest absolute Gasteiger partial charge is 0.355 e. The molecule has 1 aromatic carbocycles. The molecule has 6 heteroatoms. The average Bonchev–Trinajstić information content (AvgIpc) is 3.21. The van der Waals surface area contributed by atoms with Gasteiger partial charge in [0.1, 0.15) is 0 Å². The highest BCUT2D eigenvalue weighted by Gasteiger charge is 2.31. The number of benzene rings is 1. The van der Waals surface area contributed by atoms with Gasteiger partial charge in [0.2, 0.25) is 0 Å². The topological polar surface area (TPSA) is 81.1 Å². The number of nitrogens with one attached hydrogen (secondary N) is 1. The first-order valence-corrected chi connectivity index (χ1v) is 6.81. The first-order chi connectivity index (χ1) is 9.78. The van der Waals surface area contributed by atoms with E-state index in [0.29, 0.717) is 23.9 Å². The van der Waals surface area contributed by atoms with E-state index in [1.165, 1.54) is 0 Å². The zero-order valence-corrected chi connectivity index (χ0v) is 12.3. The van der Waals surface area contributed by atoms with Crippen LogP contribution in [0.25, 0.3) is 11.3 Å². The molecular formula is C15H18ClN3O2. The lowest BCUT2D eigenvalue weighted by molar-refractivity contribution is 0.0924. The summed E-state index contributed by atoms with van der Waals surface area (Å²) in [6.45, 7) is 0.458. The maximum absolute atomic E-state index is 12.1. The summed E-state index contributed by atoms with van der Waals surface area (Å²) in [6.07, 6.45) is 2.27. The molecule has 0 bridgehead atoms. The van der Waals surface area contributed by atoms with Gasteiger partial charge in [0.25, 0.3) is 5.91 Å². The predicted octanol–water partition coefficient (Wildman–Crippen LogP) is 2.23. The minimum Gasteiger partial charge on any atom is -0.355 e. The molecule has 3 N–H and O–H groups in total. The van der Waals surface area contributed by atoms with Crippen molar-refractivity contribution in [2.75, 3.05) is 6.54 Å². The van der Waals surface area contributed by atoms with Crippen LogP contribution in [0.4, 0.5) is 0 Å². The van der Waals surface area contributed by atoms with Gasteiger partial charge < -0.3 is 15.6 Å². The summed E-state index contributed by atoms with van der Waals surface area (Å²) in [6, 6.07) is 11.3. The van der Waals surface area contributed by atoms with Crippen molar-refractivity contribution in [1.82, 2.24) is 10.5 Å². The number of amides is 1. The van der Waals surface area contributed by atoms with Gasteiger partial charge in [-0.15, -0.1) is 12.4 Å². The Kier molecular flexibility index (Phi) is 4.98. The van der Waals surface area contributed by atoms with Crippen LogP contribution in [-0.2, 0) is 0 Å². The van der Waals surface area contributed by atoms with Crippen LogP contribution in [0.15, 0.2) is 40.9 Å². The second kappa shape index (κ2) is 6.74. The third kappa shape index (κ3) is 3.62. The second-order valence-corrected chi connectivity index (χ2v) is 5.10. The monoisotopic (exact) mass is 307 g/mol. The van der Waals surface area contributed by atoms with E-state index in [9.17, 15) is 4.79 Å². The lowest BCUT2D eigenvalue weighted by atomic mass is 10.1. The highest BCUT2D eigenvalue weighted by Crippen LogP contribution is 2.32. The van der Waals surface area contributed by atoms with Crippen LogP contribution in [-0.4, -0.2) is 23.7 Å². The summed E-state index contributed by atoms with van der Waals surface area (Å²) < 4.78 is 5.22. The fourth-order valence-electron chi connectivity index (χ4n) is 2.23. The molecule has 0 spiro atoms. The molecule has 0 radical (unpaired) electrons. The van der Waals surface area contributed by atoms with E-state index in [2.05, 4.69) is 10.5 Å². The maximum atomic E-state index is 12.1. The van der Waals surface area contributed by atoms with Gasteiger partial charge in [-0.2, -0.15) is 0 Å². The van der Waals surface area contributed by atoms with Gasteiger partial charge in [0.15, 0.2) is 11.5 Å². The maximum Gasteiger partial charge on any atom is 0.273 e. The lowest BCUT2D eigenvalue weighted by Gasteiger charge is -2.14. The number of carbonyl (C=O) groups excluding carboxylic acids is 1. The molecule has 1 aromatic heterocycles. The Balaban J connectivity index is 0.00000161. The van der Waals surface area contributed by atoms with Crippen LogP contribution in [0.3, 0.4) is 0 Å². The molecule has 2 aromatic rings. The third-order valence-electron chi connectivity index (χ3n) is 3.56. The highest BCUT2D eigenvalue weighted by atomic mass is 35.5. The summed E-state index contributed by atoms with van der Waals surface area (Å²) >= 11 is 0. The number of nitrogens with zero attached hydrogens (tertiary/aromatic N) is 1. The molecule has 3 rings (SSSR count). The molecule has 1 unspecified atom stereocenters. The van der Waals surface area contributed by atoms with Gasteiger partial charge in [-0.1, -0.05) is 35.5 Å². The molecular weight excluding hydrogens is 290 g/mol. The summed E-state index contributed by atoms with van der Waals surface area (Å²) in [4.78, 5) is 12.1. The molecule has 1 fully saturated rings. The van der Waals surface area contributed by atoms with Crippen LogP contribution in [0.2, 0.25) is 0 Å². The summed E-state index contributed by atoms with van der Waals surface area (Å²) in [7, 11) is 0. The van der Waals surface area contributed by atoms with Gasteiger partial charge in [-0.05, 0) is 18.8 Å². The first-order valence-electron chi connectivity index (χ1n) is 6.81. The molecule has 1 atom stereocenters. The van der Waals surface area contributed by atoms with Crippen molar-refractivity contribution in [3.8, 4) is 11.3 Å². The predicted molar refractivity (Wildman–Crippen MR) is 82.2 cm³/mol. The standard InChI is InChI=1S/C15H17N3O2.ClH/c16-9-13(10-6-7-10)17-15(19)12-8-14(20-18-12)11-4-2-1-3-5-11;/h1-5,8,10,13H,6-7,9,16H2,(H,17,19);1H. The second-order valence-electron chi connectivity index (χ2n) is 5.10. The Hall–Kier alpha value is -1.85. The van der Waals surface area contributed by atoms with E-state index in [-0.39, 0.29) is 24.4 Å². The quantitative estimate of drug-likeness (QED) is 0.887. The van der Waals surface area contributed by atoms with Crippen LogP contribution >= 0.6 is 12.4 Å². The molecule has 1 amide bonds. The molecule has 21 heavy (non-hydrogen) atoms. The number of hydrogen-bond donors (Lipinski definition) is 2. The van der Waals surface area contributed by atoms with Crippen molar-refractivity contribution in [2.24, 2.45) is 11.7 Å². The lowest BCUT2D eigenvalue weighted by Crippen LogP contribution is -2.41. The number of carbonyl (C=O) groups is 1. The van der Waals surface area contributed by atoms with Crippen LogP contribution < -0.4 is 11.1 Å². The van der Waals surface area contributed by atoms with E-state index in [0.717, 1.165) is 18.4 Å². The Morgan fingerprint density at radius 1 is 1.38 bits per heavy atom. The zero-order valence-electron chi connectivity index (χ0n) is 11.5. The highest BCUT2D eigenvalue weighted by molar-refractivity contribution is 5.93. The number of aromatic nitrogens is 1. The van der Waals surface area contributed by atoms with Crippen LogP contribution in [0.5, 0.6) is 0 Å². The summed E-state index contributed by atoms with van der Waals surface area (Å²) in [5.41, 5.74) is 6.87. The SMILES string of the molecule is Cl.NCC(NC(=O)c1cc(-c2ccccc2)on1)C1CC1. The Bertz CT molecular complexity index is 596. The average molecular weight is 308 g/mol. The Morgan fingerprint density at radius 3 is 2.71 bits per heavy atom. The van der Waals surface area contributed by atoms with E-state index >= 15 is 0 Å². The third-order valence-corrected chi connectivity index (χ3v) is 3.56. The molecule has 0 aliphatic heterocycles. The fraction of sp³-hybridized carbons (Fsp3) is 0.333. The summed E-state index contributed by atoms with van der Waals surface area (Å²) in [5, 5.41) is 6.76. The Labute approximate surface area is 129 Å². The normalized spacial score (nSPS) is 15.1. The van der Waals surface area contributed by atoms with E-state index < -0.39 is 0 Å². The molecule has 1 aliphatic rings. The van der Waals surface area contributed by atoms with Crippen LogP contribution in [0.1, 0.15) is 23.3 Å². The number of rotatable bonds is 5. The minimum absolute atomic E-state index is 0. The first kappa shape index (κ1) is 15.5.